The molecule has 0 amide bonds. The van der Waals surface area contributed by atoms with Crippen LogP contribution in [-0.4, -0.2) is 50.5 Å². The minimum atomic E-state index is -1.52. The molecule has 4 atom stereocenters. The van der Waals surface area contributed by atoms with E-state index < -0.39 is 23.6 Å². The Labute approximate surface area is 194 Å². The number of aromatic nitrogens is 5. The molecule has 8 nitrogen and oxygen atoms in total. The number of aryl methyl sites for hydroxylation is 1. The van der Waals surface area contributed by atoms with E-state index in [1.54, 1.807) is 11.0 Å². The molecule has 11 heteroatoms. The van der Waals surface area contributed by atoms with Crippen LogP contribution in [-0.2, 0) is 11.3 Å². The van der Waals surface area contributed by atoms with Crippen LogP contribution in [0.1, 0.15) is 36.0 Å². The number of piperidine rings is 1. The zero-order valence-electron chi connectivity index (χ0n) is 18.6. The summed E-state index contributed by atoms with van der Waals surface area (Å²) in [5, 5.41) is 8.07. The molecule has 6 rings (SSSR count). The Morgan fingerprint density at radius 1 is 1.06 bits per heavy atom. The second kappa shape index (κ2) is 8.23. The van der Waals surface area contributed by atoms with E-state index in [1.165, 1.54) is 6.07 Å². The second-order valence-electron chi connectivity index (χ2n) is 9.22. The van der Waals surface area contributed by atoms with Crippen molar-refractivity contribution in [2.45, 2.75) is 38.5 Å². The summed E-state index contributed by atoms with van der Waals surface area (Å²) in [5.41, 5.74) is 0.854. The number of fused-ring (bicyclic) bond motifs is 3. The van der Waals surface area contributed by atoms with Gasteiger partial charge in [-0.3, -0.25) is 0 Å². The standard InChI is InChI=1S/C23H24F3N7O/c1-12-8-17(28-11-27-12)32-9-13-2-3-14(10-32)20(13)29-23-30-22-21(34-7-6-33(22)31-23)15-4-5-16(24)19(26)18(15)25/h4-5,8,11,13-14,20-21H,2-3,6-7,9-10H2,1H3,(H,29,31)/t13-,14+,20?,21-/m1/s1. The summed E-state index contributed by atoms with van der Waals surface area (Å²) in [6, 6.07) is 4.31. The van der Waals surface area contributed by atoms with E-state index >= 15 is 0 Å². The molecule has 2 fully saturated rings. The number of benzene rings is 1. The highest BCUT2D eigenvalue weighted by Crippen LogP contribution is 2.40. The molecule has 3 aliphatic rings. The molecule has 34 heavy (non-hydrogen) atoms. The maximum atomic E-state index is 14.5. The Balaban J connectivity index is 1.22. The van der Waals surface area contributed by atoms with Crippen LogP contribution in [0.15, 0.2) is 24.5 Å². The Hall–Kier alpha value is -3.21. The molecule has 4 heterocycles. The highest BCUT2D eigenvalue weighted by atomic mass is 19.2. The van der Waals surface area contributed by atoms with Gasteiger partial charge in [-0.1, -0.05) is 0 Å². The number of ether oxygens (including phenoxy) is 1. The van der Waals surface area contributed by atoms with Crippen molar-refractivity contribution in [2.24, 2.45) is 11.8 Å². The molecule has 2 aliphatic heterocycles. The highest BCUT2D eigenvalue weighted by Gasteiger charge is 2.43. The van der Waals surface area contributed by atoms with Gasteiger partial charge in [0.2, 0.25) is 5.95 Å². The van der Waals surface area contributed by atoms with Crippen molar-refractivity contribution >= 4 is 11.8 Å². The van der Waals surface area contributed by atoms with Gasteiger partial charge in [0.05, 0.1) is 13.2 Å². The monoisotopic (exact) mass is 471 g/mol. The predicted octanol–water partition coefficient (Wildman–Crippen LogP) is 3.24. The minimum absolute atomic E-state index is 0.0904. The molecular weight excluding hydrogens is 447 g/mol. The Bertz CT molecular complexity index is 1220. The fourth-order valence-electron chi connectivity index (χ4n) is 5.49. The van der Waals surface area contributed by atoms with E-state index in [-0.39, 0.29) is 18.2 Å². The van der Waals surface area contributed by atoms with E-state index in [4.69, 9.17) is 4.74 Å². The molecule has 1 saturated carbocycles. The summed E-state index contributed by atoms with van der Waals surface area (Å²) >= 11 is 0. The fraction of sp³-hybridized carbons (Fsp3) is 0.478. The average Bonchev–Trinajstić information content (AvgIpc) is 3.33. The Kier molecular flexibility index (Phi) is 5.16. The van der Waals surface area contributed by atoms with Crippen LogP contribution in [0.5, 0.6) is 0 Å². The highest BCUT2D eigenvalue weighted by molar-refractivity contribution is 5.42. The van der Waals surface area contributed by atoms with E-state index in [9.17, 15) is 13.2 Å². The van der Waals surface area contributed by atoms with Crippen LogP contribution >= 0.6 is 0 Å². The van der Waals surface area contributed by atoms with Gasteiger partial charge in [0.1, 0.15) is 18.2 Å². The third-order valence-electron chi connectivity index (χ3n) is 7.11. The lowest BCUT2D eigenvalue weighted by Crippen LogP contribution is -2.48. The molecule has 2 bridgehead atoms. The maximum Gasteiger partial charge on any atom is 0.242 e. The maximum absolute atomic E-state index is 14.5. The zero-order valence-corrected chi connectivity index (χ0v) is 18.6. The Morgan fingerprint density at radius 2 is 1.85 bits per heavy atom. The van der Waals surface area contributed by atoms with Gasteiger partial charge >= 0.3 is 0 Å². The number of hydrogen-bond donors (Lipinski definition) is 1. The van der Waals surface area contributed by atoms with Gasteiger partial charge in [0, 0.05) is 36.5 Å². The molecule has 1 N–H and O–H groups in total. The van der Waals surface area contributed by atoms with Crippen LogP contribution in [0, 0.1) is 36.2 Å². The average molecular weight is 471 g/mol. The van der Waals surface area contributed by atoms with Crippen LogP contribution in [0.3, 0.4) is 0 Å². The topological polar surface area (TPSA) is 81.0 Å². The molecular formula is C23H24F3N7O. The van der Waals surface area contributed by atoms with E-state index in [0.717, 1.165) is 43.5 Å². The number of halogens is 3. The van der Waals surface area contributed by atoms with E-state index in [1.807, 2.05) is 13.0 Å². The summed E-state index contributed by atoms with van der Waals surface area (Å²) in [4.78, 5) is 15.5. The number of rotatable bonds is 4. The quantitative estimate of drug-likeness (QED) is 0.585. The lowest BCUT2D eigenvalue weighted by atomic mass is 9.92. The van der Waals surface area contributed by atoms with Gasteiger partial charge in [0.25, 0.3) is 0 Å². The number of hydrogen-bond acceptors (Lipinski definition) is 7. The van der Waals surface area contributed by atoms with Gasteiger partial charge in [-0.05, 0) is 43.7 Å². The van der Waals surface area contributed by atoms with Gasteiger partial charge < -0.3 is 15.0 Å². The largest absolute Gasteiger partial charge is 0.363 e. The summed E-state index contributed by atoms with van der Waals surface area (Å²) < 4.78 is 49.0. The van der Waals surface area contributed by atoms with E-state index in [2.05, 4.69) is 30.3 Å². The minimum Gasteiger partial charge on any atom is -0.363 e. The molecule has 3 aromatic rings. The normalized spacial score (nSPS) is 25.9. The first-order valence-corrected chi connectivity index (χ1v) is 11.5. The lowest BCUT2D eigenvalue weighted by molar-refractivity contribution is 0.0364. The van der Waals surface area contributed by atoms with Crippen molar-refractivity contribution in [3.05, 3.63) is 59.1 Å². The molecule has 1 aliphatic carbocycles. The van der Waals surface area contributed by atoms with Crippen molar-refractivity contribution in [3.63, 3.8) is 0 Å². The summed E-state index contributed by atoms with van der Waals surface area (Å²) in [6.45, 7) is 4.43. The fourth-order valence-corrected chi connectivity index (χ4v) is 5.49. The number of nitrogens with zero attached hydrogens (tertiary/aromatic N) is 6. The first-order valence-electron chi connectivity index (χ1n) is 11.5. The summed E-state index contributed by atoms with van der Waals surface area (Å²) in [5.74, 6) is -1.43. The zero-order chi connectivity index (χ0) is 23.4. The first-order chi connectivity index (χ1) is 16.5. The summed E-state index contributed by atoms with van der Waals surface area (Å²) in [6.07, 6.45) is 2.85. The molecule has 1 aromatic carbocycles. The van der Waals surface area contributed by atoms with Gasteiger partial charge in [-0.25, -0.2) is 27.8 Å². The van der Waals surface area contributed by atoms with Crippen LogP contribution in [0.2, 0.25) is 0 Å². The third kappa shape index (κ3) is 3.58. The van der Waals surface area contributed by atoms with Crippen LogP contribution in [0.4, 0.5) is 24.9 Å². The second-order valence-corrected chi connectivity index (χ2v) is 9.22. The van der Waals surface area contributed by atoms with Crippen molar-refractivity contribution in [1.29, 1.82) is 0 Å². The van der Waals surface area contributed by atoms with Gasteiger partial charge in [0.15, 0.2) is 23.3 Å². The van der Waals surface area contributed by atoms with E-state index in [0.29, 0.717) is 30.2 Å². The van der Waals surface area contributed by atoms with Crippen molar-refractivity contribution < 1.29 is 17.9 Å². The first kappa shape index (κ1) is 21.3. The molecule has 178 valence electrons. The predicted molar refractivity (Wildman–Crippen MR) is 117 cm³/mol. The molecule has 1 saturated heterocycles. The SMILES string of the molecule is Cc1cc(N2C[C@H]3CC[C@@H](C2)C3Nc2nc3n(n2)CCO[C@@H]3c2ccc(F)c(F)c2F)ncn1. The Morgan fingerprint density at radius 3 is 2.62 bits per heavy atom. The summed E-state index contributed by atoms with van der Waals surface area (Å²) in [7, 11) is 0. The van der Waals surface area contributed by atoms with Crippen molar-refractivity contribution in [3.8, 4) is 0 Å². The van der Waals surface area contributed by atoms with Crippen molar-refractivity contribution in [1.82, 2.24) is 24.7 Å². The van der Waals surface area contributed by atoms with Gasteiger partial charge in [-0.15, -0.1) is 5.10 Å². The third-order valence-corrected chi connectivity index (χ3v) is 7.11. The molecule has 0 radical (unpaired) electrons. The molecule has 2 aromatic heterocycles. The molecule has 1 unspecified atom stereocenters. The number of nitrogens with one attached hydrogen (secondary N) is 1. The van der Waals surface area contributed by atoms with Crippen LogP contribution < -0.4 is 10.2 Å². The van der Waals surface area contributed by atoms with Gasteiger partial charge in [-0.2, -0.15) is 4.98 Å². The smallest absolute Gasteiger partial charge is 0.242 e. The molecule has 0 spiro atoms. The van der Waals surface area contributed by atoms with Crippen molar-refractivity contribution in [2.75, 3.05) is 29.9 Å². The number of anilines is 2. The lowest BCUT2D eigenvalue weighted by Gasteiger charge is -2.38. The van der Waals surface area contributed by atoms with Crippen LogP contribution in [0.25, 0.3) is 0 Å².